The number of likely N-dealkylation sites (N-methyl/N-ethyl adjacent to an activating group) is 2. The molecule has 0 bridgehead atoms. The molecule has 1 aromatic rings. The average molecular weight is 475 g/mol. The van der Waals surface area contributed by atoms with Gasteiger partial charge < -0.3 is 20.4 Å². The number of hydrogen-bond donors (Lipinski definition) is 2. The molecule has 194 valence electrons. The van der Waals surface area contributed by atoms with E-state index < -0.39 is 0 Å². The molecule has 0 aliphatic carbocycles. The van der Waals surface area contributed by atoms with Crippen molar-refractivity contribution in [3.8, 4) is 0 Å². The van der Waals surface area contributed by atoms with Crippen LogP contribution in [0, 0.1) is 0 Å². The summed E-state index contributed by atoms with van der Waals surface area (Å²) in [6.07, 6.45) is 9.97. The molecule has 0 aliphatic rings. The molecule has 0 saturated carbocycles. The van der Waals surface area contributed by atoms with E-state index in [1.54, 1.807) is 12.1 Å². The second-order valence-corrected chi connectivity index (χ2v) is 9.05. The van der Waals surface area contributed by atoms with E-state index in [1.165, 1.54) is 51.4 Å². The Morgan fingerprint density at radius 3 is 1.38 bits per heavy atom. The summed E-state index contributed by atoms with van der Waals surface area (Å²) in [5, 5.41) is 6.02. The number of benzene rings is 1. The molecule has 6 nitrogen and oxygen atoms in total. The first-order valence-corrected chi connectivity index (χ1v) is 13.7. The highest BCUT2D eigenvalue weighted by molar-refractivity contribution is 6.07. The van der Waals surface area contributed by atoms with Crippen molar-refractivity contribution in [3.05, 3.63) is 35.4 Å². The quantitative estimate of drug-likeness (QED) is 0.263. The van der Waals surface area contributed by atoms with Crippen LogP contribution < -0.4 is 10.6 Å². The number of nitrogens with zero attached hydrogens (tertiary/aromatic N) is 2. The maximum absolute atomic E-state index is 12.8. The highest BCUT2D eigenvalue weighted by atomic mass is 16.2. The molecule has 1 aromatic carbocycles. The largest absolute Gasteiger partial charge is 0.351 e. The van der Waals surface area contributed by atoms with Gasteiger partial charge in [-0.15, -0.1) is 0 Å². The van der Waals surface area contributed by atoms with Crippen LogP contribution in [-0.4, -0.2) is 74.0 Å². The van der Waals surface area contributed by atoms with Gasteiger partial charge in [-0.1, -0.05) is 78.4 Å². The minimum Gasteiger partial charge on any atom is -0.351 e. The normalized spacial score (nSPS) is 11.2. The maximum atomic E-state index is 12.8. The van der Waals surface area contributed by atoms with E-state index >= 15 is 0 Å². The molecule has 2 N–H and O–H groups in total. The molecule has 0 fully saturated rings. The van der Waals surface area contributed by atoms with Gasteiger partial charge in [0, 0.05) is 26.2 Å². The van der Waals surface area contributed by atoms with E-state index in [1.807, 2.05) is 12.1 Å². The van der Waals surface area contributed by atoms with Crippen molar-refractivity contribution >= 4 is 11.8 Å². The summed E-state index contributed by atoms with van der Waals surface area (Å²) in [7, 11) is 0. The number of unbranched alkanes of at least 4 members (excludes halogenated alkanes) is 6. The van der Waals surface area contributed by atoms with Crippen LogP contribution in [0.15, 0.2) is 24.3 Å². The standard InChI is InChI=1S/C28H50N4O2/c1-5-9-11-15-21-31(7-3)23-19-29-27(33)25-17-13-14-18-26(25)28(34)30-20-24-32(8-4)22-16-12-10-6-2/h13-14,17-18H,5-12,15-16,19-24H2,1-4H3,(H,29,33)(H,30,34). The summed E-state index contributed by atoms with van der Waals surface area (Å²) in [5.41, 5.74) is 0.885. The van der Waals surface area contributed by atoms with E-state index in [0.29, 0.717) is 24.2 Å². The first-order chi connectivity index (χ1) is 16.6. The summed E-state index contributed by atoms with van der Waals surface area (Å²) in [4.78, 5) is 30.4. The number of carbonyl (C=O) groups is 2. The topological polar surface area (TPSA) is 64.7 Å². The van der Waals surface area contributed by atoms with Gasteiger partial charge in [0.05, 0.1) is 11.1 Å². The van der Waals surface area contributed by atoms with Crippen LogP contribution in [0.1, 0.15) is 99.8 Å². The Morgan fingerprint density at radius 2 is 1.03 bits per heavy atom. The summed E-state index contributed by atoms with van der Waals surface area (Å²) in [6, 6.07) is 7.09. The Kier molecular flexibility index (Phi) is 17.2. The smallest absolute Gasteiger partial charge is 0.252 e. The van der Waals surface area contributed by atoms with Crippen LogP contribution in [0.25, 0.3) is 0 Å². The molecule has 1 rings (SSSR count). The van der Waals surface area contributed by atoms with Gasteiger partial charge >= 0.3 is 0 Å². The molecule has 6 heteroatoms. The van der Waals surface area contributed by atoms with Crippen LogP contribution in [0.4, 0.5) is 0 Å². The monoisotopic (exact) mass is 474 g/mol. The molecule has 0 unspecified atom stereocenters. The van der Waals surface area contributed by atoms with Gasteiger partial charge in [0.1, 0.15) is 0 Å². The number of carbonyl (C=O) groups excluding carboxylic acids is 2. The van der Waals surface area contributed by atoms with Gasteiger partial charge in [-0.3, -0.25) is 9.59 Å². The predicted octanol–water partition coefficient (Wildman–Crippen LogP) is 4.95. The molecule has 34 heavy (non-hydrogen) atoms. The Labute approximate surface area is 208 Å². The lowest BCUT2D eigenvalue weighted by molar-refractivity contribution is 0.0914. The Balaban J connectivity index is 2.49. The summed E-state index contributed by atoms with van der Waals surface area (Å²) >= 11 is 0. The molecule has 0 heterocycles. The van der Waals surface area contributed by atoms with E-state index in [0.717, 1.165) is 39.3 Å². The van der Waals surface area contributed by atoms with Gasteiger partial charge in [-0.05, 0) is 51.2 Å². The third kappa shape index (κ3) is 12.5. The first-order valence-electron chi connectivity index (χ1n) is 13.7. The minimum atomic E-state index is -0.182. The minimum absolute atomic E-state index is 0.182. The molecule has 0 atom stereocenters. The van der Waals surface area contributed by atoms with Crippen molar-refractivity contribution in [2.24, 2.45) is 0 Å². The zero-order chi connectivity index (χ0) is 25.0. The molecule has 0 aliphatic heterocycles. The van der Waals surface area contributed by atoms with Crippen LogP contribution in [0.2, 0.25) is 0 Å². The number of amides is 2. The third-order valence-corrected chi connectivity index (χ3v) is 6.39. The lowest BCUT2D eigenvalue weighted by atomic mass is 10.1. The van der Waals surface area contributed by atoms with Gasteiger partial charge in [0.25, 0.3) is 11.8 Å². The van der Waals surface area contributed by atoms with Crippen molar-refractivity contribution in [2.45, 2.75) is 79.1 Å². The van der Waals surface area contributed by atoms with Gasteiger partial charge in [-0.2, -0.15) is 0 Å². The molecule has 0 saturated heterocycles. The predicted molar refractivity (Wildman–Crippen MR) is 144 cm³/mol. The summed E-state index contributed by atoms with van der Waals surface area (Å²) < 4.78 is 0. The van der Waals surface area contributed by atoms with E-state index in [2.05, 4.69) is 48.1 Å². The second-order valence-electron chi connectivity index (χ2n) is 9.05. The molecular formula is C28H50N4O2. The fourth-order valence-electron chi connectivity index (χ4n) is 4.11. The maximum Gasteiger partial charge on any atom is 0.252 e. The van der Waals surface area contributed by atoms with Crippen molar-refractivity contribution in [1.82, 2.24) is 20.4 Å². The number of hydrogen-bond acceptors (Lipinski definition) is 4. The average Bonchev–Trinajstić information content (AvgIpc) is 2.86. The first kappa shape index (κ1) is 30.1. The number of nitrogens with one attached hydrogen (secondary N) is 2. The zero-order valence-corrected chi connectivity index (χ0v) is 22.3. The zero-order valence-electron chi connectivity index (χ0n) is 22.3. The fourth-order valence-corrected chi connectivity index (χ4v) is 4.11. The second kappa shape index (κ2) is 19.4. The van der Waals surface area contributed by atoms with Crippen LogP contribution in [-0.2, 0) is 0 Å². The van der Waals surface area contributed by atoms with E-state index in [4.69, 9.17) is 0 Å². The van der Waals surface area contributed by atoms with Crippen LogP contribution in [0.5, 0.6) is 0 Å². The third-order valence-electron chi connectivity index (χ3n) is 6.39. The van der Waals surface area contributed by atoms with Gasteiger partial charge in [-0.25, -0.2) is 0 Å². The molecule has 0 radical (unpaired) electrons. The molecular weight excluding hydrogens is 424 g/mol. The van der Waals surface area contributed by atoms with Crippen molar-refractivity contribution in [1.29, 1.82) is 0 Å². The lowest BCUT2D eigenvalue weighted by Crippen LogP contribution is -2.37. The van der Waals surface area contributed by atoms with Crippen molar-refractivity contribution in [2.75, 3.05) is 52.4 Å². The number of rotatable bonds is 20. The fraction of sp³-hybridized carbons (Fsp3) is 0.714. The highest BCUT2D eigenvalue weighted by Gasteiger charge is 2.16. The summed E-state index contributed by atoms with van der Waals surface area (Å²) in [6.45, 7) is 15.7. The Morgan fingerprint density at radius 1 is 0.618 bits per heavy atom. The van der Waals surface area contributed by atoms with Gasteiger partial charge in [0.15, 0.2) is 0 Å². The highest BCUT2D eigenvalue weighted by Crippen LogP contribution is 2.09. The van der Waals surface area contributed by atoms with E-state index in [-0.39, 0.29) is 11.8 Å². The van der Waals surface area contributed by atoms with Crippen LogP contribution in [0.3, 0.4) is 0 Å². The van der Waals surface area contributed by atoms with E-state index in [9.17, 15) is 9.59 Å². The lowest BCUT2D eigenvalue weighted by Gasteiger charge is -2.21. The van der Waals surface area contributed by atoms with Crippen molar-refractivity contribution < 1.29 is 9.59 Å². The Hall–Kier alpha value is -1.92. The SMILES string of the molecule is CCCCCCN(CC)CCNC(=O)c1ccccc1C(=O)NCCN(CC)CCCCCC. The molecule has 2 amide bonds. The summed E-state index contributed by atoms with van der Waals surface area (Å²) in [5.74, 6) is -0.363. The molecule has 0 aromatic heterocycles. The van der Waals surface area contributed by atoms with Gasteiger partial charge in [0.2, 0.25) is 0 Å². The van der Waals surface area contributed by atoms with Crippen molar-refractivity contribution in [3.63, 3.8) is 0 Å². The Bertz CT molecular complexity index is 623. The van der Waals surface area contributed by atoms with Crippen LogP contribution >= 0.6 is 0 Å². The molecule has 0 spiro atoms.